The maximum absolute atomic E-state index is 12.3. The molecule has 0 unspecified atom stereocenters. The van der Waals surface area contributed by atoms with E-state index in [2.05, 4.69) is 16.7 Å². The Morgan fingerprint density at radius 3 is 2.67 bits per heavy atom. The summed E-state index contributed by atoms with van der Waals surface area (Å²) in [6.45, 7) is 1.85. The van der Waals surface area contributed by atoms with Crippen LogP contribution in [0, 0.1) is 24.2 Å². The maximum Gasteiger partial charge on any atom is 0.262 e. The van der Waals surface area contributed by atoms with Gasteiger partial charge in [0.25, 0.3) is 5.91 Å². The van der Waals surface area contributed by atoms with Gasteiger partial charge in [0.05, 0.1) is 15.9 Å². The molecule has 0 atom stereocenters. The van der Waals surface area contributed by atoms with E-state index in [4.69, 9.17) is 0 Å². The van der Waals surface area contributed by atoms with Crippen molar-refractivity contribution < 1.29 is 9.59 Å². The van der Waals surface area contributed by atoms with Crippen molar-refractivity contribution >= 4 is 28.2 Å². The molecule has 110 valence electrons. The Hall–Kier alpha value is -1.87. The van der Waals surface area contributed by atoms with Gasteiger partial charge in [-0.05, 0) is 50.7 Å². The first-order valence-electron chi connectivity index (χ1n) is 7.18. The number of thiophene rings is 1. The minimum Gasteiger partial charge on any atom is -0.333 e. The fraction of sp³-hybridized carbons (Fsp3) is 0.533. The van der Waals surface area contributed by atoms with Crippen molar-refractivity contribution in [2.75, 3.05) is 5.32 Å². The summed E-state index contributed by atoms with van der Waals surface area (Å²) in [6, 6.07) is 4.02. The quantitative estimate of drug-likeness (QED) is 0.897. The van der Waals surface area contributed by atoms with Crippen LogP contribution in [0.2, 0.25) is 0 Å². The molecule has 2 amide bonds. The van der Waals surface area contributed by atoms with Crippen molar-refractivity contribution in [2.45, 2.75) is 44.6 Å². The third-order valence-electron chi connectivity index (χ3n) is 4.09. The van der Waals surface area contributed by atoms with E-state index in [1.165, 1.54) is 11.3 Å². The molecule has 0 aromatic carbocycles. The summed E-state index contributed by atoms with van der Waals surface area (Å²) < 4.78 is 0. The number of nitrogens with zero attached hydrogens (tertiary/aromatic N) is 1. The fourth-order valence-corrected chi connectivity index (χ4v) is 3.38. The number of hydrogen-bond acceptors (Lipinski definition) is 4. The van der Waals surface area contributed by atoms with E-state index in [1.54, 1.807) is 0 Å². The van der Waals surface area contributed by atoms with E-state index < -0.39 is 5.54 Å². The topological polar surface area (TPSA) is 82.0 Å². The second-order valence-electron chi connectivity index (χ2n) is 5.89. The average molecular weight is 303 g/mol. The van der Waals surface area contributed by atoms with Gasteiger partial charge >= 0.3 is 0 Å². The van der Waals surface area contributed by atoms with Crippen LogP contribution < -0.4 is 10.6 Å². The van der Waals surface area contributed by atoms with Crippen LogP contribution in [-0.4, -0.2) is 17.4 Å². The van der Waals surface area contributed by atoms with Crippen molar-refractivity contribution in [1.29, 1.82) is 5.26 Å². The van der Waals surface area contributed by atoms with Gasteiger partial charge in [-0.25, -0.2) is 0 Å². The molecule has 0 spiro atoms. The molecule has 1 heterocycles. The van der Waals surface area contributed by atoms with Crippen LogP contribution in [0.4, 0.5) is 5.00 Å². The number of nitriles is 1. The lowest BCUT2D eigenvalue weighted by Gasteiger charge is -2.35. The van der Waals surface area contributed by atoms with E-state index in [1.807, 2.05) is 13.0 Å². The Balaban J connectivity index is 1.70. The van der Waals surface area contributed by atoms with E-state index >= 15 is 0 Å². The first-order chi connectivity index (χ1) is 10.0. The van der Waals surface area contributed by atoms with Gasteiger partial charge in [-0.1, -0.05) is 0 Å². The van der Waals surface area contributed by atoms with Gasteiger partial charge in [0.1, 0.15) is 5.54 Å². The molecule has 0 radical (unpaired) electrons. The normalized spacial score (nSPS) is 19.2. The Morgan fingerprint density at radius 2 is 2.14 bits per heavy atom. The second-order valence-corrected chi connectivity index (χ2v) is 6.94. The summed E-state index contributed by atoms with van der Waals surface area (Å²) in [7, 11) is 0. The van der Waals surface area contributed by atoms with Crippen LogP contribution in [0.5, 0.6) is 0 Å². The number of carbonyl (C=O) groups is 2. The van der Waals surface area contributed by atoms with E-state index in [-0.39, 0.29) is 17.7 Å². The minimum absolute atomic E-state index is 0.0377. The number of aryl methyl sites for hydroxylation is 1. The molecule has 2 aliphatic carbocycles. The average Bonchev–Trinajstić information content (AvgIpc) is 3.19. The zero-order valence-corrected chi connectivity index (χ0v) is 12.7. The van der Waals surface area contributed by atoms with Gasteiger partial charge in [0.15, 0.2) is 0 Å². The highest BCUT2D eigenvalue weighted by Gasteiger charge is 2.39. The number of carbonyl (C=O) groups excluding carboxylic acids is 2. The Bertz CT molecular complexity index is 636. The highest BCUT2D eigenvalue weighted by Crippen LogP contribution is 2.34. The molecule has 0 aliphatic heterocycles. The van der Waals surface area contributed by atoms with Crippen LogP contribution in [0.15, 0.2) is 6.07 Å². The van der Waals surface area contributed by atoms with E-state index in [0.29, 0.717) is 22.7 Å². The monoisotopic (exact) mass is 303 g/mol. The number of amides is 2. The van der Waals surface area contributed by atoms with Crippen molar-refractivity contribution in [2.24, 2.45) is 5.92 Å². The molecular weight excluding hydrogens is 286 g/mol. The molecule has 5 nitrogen and oxygen atoms in total. The van der Waals surface area contributed by atoms with Gasteiger partial charge in [0.2, 0.25) is 5.91 Å². The molecule has 2 fully saturated rings. The SMILES string of the molecule is Cc1cc(NC(=O)C2CC2)sc1C(=O)NC1(C#N)CCC1. The number of hydrogen-bond donors (Lipinski definition) is 2. The molecule has 0 bridgehead atoms. The number of nitrogens with one attached hydrogen (secondary N) is 2. The van der Waals surface area contributed by atoms with Crippen LogP contribution in [0.3, 0.4) is 0 Å². The minimum atomic E-state index is -0.690. The molecule has 1 aromatic rings. The third-order valence-corrected chi connectivity index (χ3v) is 5.24. The summed E-state index contributed by atoms with van der Waals surface area (Å²) in [6.07, 6.45) is 4.30. The van der Waals surface area contributed by atoms with Crippen molar-refractivity contribution in [3.05, 3.63) is 16.5 Å². The highest BCUT2D eigenvalue weighted by molar-refractivity contribution is 7.18. The lowest BCUT2D eigenvalue weighted by molar-refractivity contribution is -0.117. The Morgan fingerprint density at radius 1 is 1.43 bits per heavy atom. The van der Waals surface area contributed by atoms with E-state index in [9.17, 15) is 14.9 Å². The smallest absolute Gasteiger partial charge is 0.262 e. The third kappa shape index (κ3) is 2.79. The largest absolute Gasteiger partial charge is 0.333 e. The lowest BCUT2D eigenvalue weighted by Crippen LogP contribution is -2.52. The summed E-state index contributed by atoms with van der Waals surface area (Å²) >= 11 is 1.27. The van der Waals surface area contributed by atoms with Gasteiger partial charge < -0.3 is 10.6 Å². The number of anilines is 1. The maximum atomic E-state index is 12.3. The van der Waals surface area contributed by atoms with Crippen LogP contribution >= 0.6 is 11.3 Å². The molecule has 2 N–H and O–H groups in total. The van der Waals surface area contributed by atoms with Crippen molar-refractivity contribution in [3.8, 4) is 6.07 Å². The van der Waals surface area contributed by atoms with Crippen LogP contribution in [0.1, 0.15) is 47.3 Å². The zero-order valence-electron chi connectivity index (χ0n) is 11.9. The predicted molar refractivity (Wildman–Crippen MR) is 80.1 cm³/mol. The first kappa shape index (κ1) is 14.1. The summed E-state index contributed by atoms with van der Waals surface area (Å²) in [5, 5.41) is 15.6. The van der Waals surface area contributed by atoms with Crippen molar-refractivity contribution in [1.82, 2.24) is 5.32 Å². The van der Waals surface area contributed by atoms with Crippen LogP contribution in [-0.2, 0) is 4.79 Å². The predicted octanol–water partition coefficient (Wildman–Crippen LogP) is 2.58. The molecule has 21 heavy (non-hydrogen) atoms. The molecule has 2 saturated carbocycles. The molecule has 1 aromatic heterocycles. The first-order valence-corrected chi connectivity index (χ1v) is 8.00. The summed E-state index contributed by atoms with van der Waals surface area (Å²) in [5.41, 5.74) is 0.140. The number of rotatable bonds is 4. The standard InChI is InChI=1S/C15H17N3O2S/c1-9-7-11(17-13(19)10-3-4-10)21-12(9)14(20)18-15(8-16)5-2-6-15/h7,10H,2-6H2,1H3,(H,17,19)(H,18,20). The van der Waals surface area contributed by atoms with Crippen molar-refractivity contribution in [3.63, 3.8) is 0 Å². The van der Waals surface area contributed by atoms with Gasteiger partial charge in [-0.2, -0.15) is 5.26 Å². The fourth-order valence-electron chi connectivity index (χ4n) is 2.41. The molecular formula is C15H17N3O2S. The molecule has 2 aliphatic rings. The van der Waals surface area contributed by atoms with Gasteiger partial charge in [-0.15, -0.1) is 11.3 Å². The lowest BCUT2D eigenvalue weighted by atomic mass is 9.78. The second kappa shape index (κ2) is 5.15. The zero-order chi connectivity index (χ0) is 15.0. The van der Waals surface area contributed by atoms with Gasteiger partial charge in [0, 0.05) is 5.92 Å². The van der Waals surface area contributed by atoms with Crippen LogP contribution in [0.25, 0.3) is 0 Å². The highest BCUT2D eigenvalue weighted by atomic mass is 32.1. The van der Waals surface area contributed by atoms with E-state index in [0.717, 1.165) is 24.8 Å². The van der Waals surface area contributed by atoms with Gasteiger partial charge in [-0.3, -0.25) is 9.59 Å². The summed E-state index contributed by atoms with van der Waals surface area (Å²) in [4.78, 5) is 24.6. The summed E-state index contributed by atoms with van der Waals surface area (Å²) in [5.74, 6) is -0.0390. The Kier molecular flexibility index (Phi) is 3.46. The molecule has 0 saturated heterocycles. The molecule has 6 heteroatoms. The Labute approximate surface area is 127 Å². The molecule has 3 rings (SSSR count).